The van der Waals surface area contributed by atoms with E-state index in [9.17, 15) is 4.79 Å². The normalized spacial score (nSPS) is 10.8. The van der Waals surface area contributed by atoms with Gasteiger partial charge in [0.25, 0.3) is 0 Å². The number of tetrazole rings is 1. The number of anilines is 1. The van der Waals surface area contributed by atoms with E-state index in [1.165, 1.54) is 0 Å². The number of nitrogens with zero attached hydrogens (tertiary/aromatic N) is 4. The summed E-state index contributed by atoms with van der Waals surface area (Å²) in [5, 5.41) is 16.4. The first-order valence-corrected chi connectivity index (χ1v) is 8.31. The van der Waals surface area contributed by atoms with Crippen LogP contribution in [0.2, 0.25) is 0 Å². The zero-order valence-electron chi connectivity index (χ0n) is 14.3. The first kappa shape index (κ1) is 16.0. The molecule has 1 N–H and O–H groups in total. The van der Waals surface area contributed by atoms with Crippen molar-refractivity contribution in [3.05, 3.63) is 78.1 Å². The first-order valence-electron chi connectivity index (χ1n) is 8.31. The lowest BCUT2D eigenvalue weighted by molar-refractivity contribution is -0.115. The molecule has 128 valence electrons. The summed E-state index contributed by atoms with van der Waals surface area (Å²) in [6, 6.07) is 19.8. The van der Waals surface area contributed by atoms with E-state index in [1.807, 2.05) is 55.5 Å². The number of fused-ring (bicyclic) bond motifs is 1. The Labute approximate surface area is 150 Å². The molecular weight excluding hydrogens is 326 g/mol. The van der Waals surface area contributed by atoms with Gasteiger partial charge in [-0.1, -0.05) is 42.5 Å². The summed E-state index contributed by atoms with van der Waals surface area (Å²) in [7, 11) is 0. The van der Waals surface area contributed by atoms with E-state index < -0.39 is 0 Å². The second-order valence-corrected chi connectivity index (χ2v) is 6.12. The van der Waals surface area contributed by atoms with E-state index in [1.54, 1.807) is 11.0 Å². The second-order valence-electron chi connectivity index (χ2n) is 6.12. The molecule has 6 heteroatoms. The van der Waals surface area contributed by atoms with Gasteiger partial charge < -0.3 is 5.32 Å². The van der Waals surface area contributed by atoms with Crippen molar-refractivity contribution in [1.82, 2.24) is 20.2 Å². The van der Waals surface area contributed by atoms with Crippen molar-refractivity contribution >= 4 is 22.4 Å². The molecule has 0 saturated carbocycles. The summed E-state index contributed by atoms with van der Waals surface area (Å²) < 4.78 is 1.59. The maximum atomic E-state index is 12.5. The van der Waals surface area contributed by atoms with E-state index in [0.717, 1.165) is 33.3 Å². The molecule has 0 fully saturated rings. The summed E-state index contributed by atoms with van der Waals surface area (Å²) in [5.41, 5.74) is 3.62. The monoisotopic (exact) mass is 343 g/mol. The molecule has 4 rings (SSSR count). The number of hydrogen-bond acceptors (Lipinski definition) is 4. The number of benzene rings is 3. The van der Waals surface area contributed by atoms with E-state index in [0.29, 0.717) is 6.42 Å². The average Bonchev–Trinajstić information content (AvgIpc) is 3.16. The van der Waals surface area contributed by atoms with Crippen LogP contribution in [0.3, 0.4) is 0 Å². The van der Waals surface area contributed by atoms with Crippen molar-refractivity contribution in [1.29, 1.82) is 0 Å². The second kappa shape index (κ2) is 6.76. The molecule has 1 aromatic heterocycles. The van der Waals surface area contributed by atoms with Crippen LogP contribution >= 0.6 is 0 Å². The van der Waals surface area contributed by atoms with Crippen LogP contribution in [0, 0.1) is 6.92 Å². The number of aromatic nitrogens is 4. The molecule has 3 aromatic carbocycles. The fourth-order valence-electron chi connectivity index (χ4n) is 3.09. The Morgan fingerprint density at radius 2 is 1.92 bits per heavy atom. The standard InChI is InChI=1S/C20H17N5O/c1-14-11-17(9-10-19(14)25-13-21-23-24-25)22-20(26)12-16-7-4-6-15-5-2-3-8-18(15)16/h2-11,13H,12H2,1H3,(H,22,26). The quantitative estimate of drug-likeness (QED) is 0.617. The summed E-state index contributed by atoms with van der Waals surface area (Å²) in [6.45, 7) is 1.96. The van der Waals surface area contributed by atoms with Crippen molar-refractivity contribution in [3.63, 3.8) is 0 Å². The fourth-order valence-corrected chi connectivity index (χ4v) is 3.09. The zero-order chi connectivity index (χ0) is 17.9. The van der Waals surface area contributed by atoms with E-state index in [-0.39, 0.29) is 5.91 Å². The third kappa shape index (κ3) is 3.17. The van der Waals surface area contributed by atoms with Gasteiger partial charge in [-0.3, -0.25) is 4.79 Å². The minimum atomic E-state index is -0.0454. The van der Waals surface area contributed by atoms with Crippen LogP contribution in [0.25, 0.3) is 16.5 Å². The Morgan fingerprint density at radius 3 is 2.73 bits per heavy atom. The smallest absolute Gasteiger partial charge is 0.228 e. The van der Waals surface area contributed by atoms with Gasteiger partial charge in [0, 0.05) is 5.69 Å². The van der Waals surface area contributed by atoms with Gasteiger partial charge >= 0.3 is 0 Å². The first-order chi connectivity index (χ1) is 12.7. The van der Waals surface area contributed by atoms with Gasteiger partial charge in [0.2, 0.25) is 5.91 Å². The number of rotatable bonds is 4. The lowest BCUT2D eigenvalue weighted by atomic mass is 10.0. The molecule has 1 amide bonds. The van der Waals surface area contributed by atoms with Gasteiger partial charge in [-0.2, -0.15) is 0 Å². The largest absolute Gasteiger partial charge is 0.326 e. The maximum absolute atomic E-state index is 12.5. The molecule has 6 nitrogen and oxygen atoms in total. The third-order valence-electron chi connectivity index (χ3n) is 4.31. The van der Waals surface area contributed by atoms with Gasteiger partial charge in [-0.25, -0.2) is 4.68 Å². The topological polar surface area (TPSA) is 72.7 Å². The van der Waals surface area contributed by atoms with Crippen LogP contribution in [0.4, 0.5) is 5.69 Å². The summed E-state index contributed by atoms with van der Waals surface area (Å²) >= 11 is 0. The lowest BCUT2D eigenvalue weighted by Gasteiger charge is -2.10. The number of aryl methyl sites for hydroxylation is 1. The lowest BCUT2D eigenvalue weighted by Crippen LogP contribution is -2.15. The highest BCUT2D eigenvalue weighted by Gasteiger charge is 2.09. The van der Waals surface area contributed by atoms with Crippen LogP contribution in [0.15, 0.2) is 67.0 Å². The zero-order valence-corrected chi connectivity index (χ0v) is 14.3. The molecule has 0 atom stereocenters. The molecule has 0 bridgehead atoms. The highest BCUT2D eigenvalue weighted by Crippen LogP contribution is 2.21. The molecular formula is C20H17N5O. The van der Waals surface area contributed by atoms with Gasteiger partial charge in [0.05, 0.1) is 12.1 Å². The molecule has 0 radical (unpaired) electrons. The van der Waals surface area contributed by atoms with E-state index >= 15 is 0 Å². The molecule has 4 aromatic rings. The van der Waals surface area contributed by atoms with E-state index in [2.05, 4.69) is 33.0 Å². The predicted molar refractivity (Wildman–Crippen MR) is 100 cm³/mol. The highest BCUT2D eigenvalue weighted by atomic mass is 16.1. The Bertz CT molecular complexity index is 1070. The molecule has 0 aliphatic heterocycles. The highest BCUT2D eigenvalue weighted by molar-refractivity contribution is 5.96. The fraction of sp³-hybridized carbons (Fsp3) is 0.100. The van der Waals surface area contributed by atoms with Crippen molar-refractivity contribution in [2.45, 2.75) is 13.3 Å². The molecule has 0 spiro atoms. The Hall–Kier alpha value is -3.54. The summed E-state index contributed by atoms with van der Waals surface area (Å²) in [5.74, 6) is -0.0454. The predicted octanol–water partition coefficient (Wildman–Crippen LogP) is 3.31. The Kier molecular flexibility index (Phi) is 4.15. The third-order valence-corrected chi connectivity index (χ3v) is 4.31. The molecule has 0 aliphatic rings. The summed E-state index contributed by atoms with van der Waals surface area (Å²) in [6.07, 6.45) is 1.87. The number of amides is 1. The van der Waals surface area contributed by atoms with Crippen molar-refractivity contribution in [2.24, 2.45) is 0 Å². The van der Waals surface area contributed by atoms with E-state index in [4.69, 9.17) is 0 Å². The minimum absolute atomic E-state index is 0.0454. The van der Waals surface area contributed by atoms with Crippen molar-refractivity contribution in [2.75, 3.05) is 5.32 Å². The molecule has 0 saturated heterocycles. The van der Waals surface area contributed by atoms with Gasteiger partial charge in [-0.15, -0.1) is 5.10 Å². The number of carbonyl (C=O) groups excluding carboxylic acids is 1. The van der Waals surface area contributed by atoms with Gasteiger partial charge in [0.15, 0.2) is 0 Å². The summed E-state index contributed by atoms with van der Waals surface area (Å²) in [4.78, 5) is 12.5. The van der Waals surface area contributed by atoms with Crippen molar-refractivity contribution < 1.29 is 4.79 Å². The van der Waals surface area contributed by atoms with Crippen LogP contribution < -0.4 is 5.32 Å². The van der Waals surface area contributed by atoms with Crippen LogP contribution in [-0.4, -0.2) is 26.1 Å². The number of nitrogens with one attached hydrogen (secondary N) is 1. The van der Waals surface area contributed by atoms with Crippen molar-refractivity contribution in [3.8, 4) is 5.69 Å². The SMILES string of the molecule is Cc1cc(NC(=O)Cc2cccc3ccccc23)ccc1-n1cnnn1. The van der Waals surface area contributed by atoms with Crippen LogP contribution in [-0.2, 0) is 11.2 Å². The maximum Gasteiger partial charge on any atom is 0.228 e. The van der Waals surface area contributed by atoms with Gasteiger partial charge in [0.1, 0.15) is 6.33 Å². The molecule has 1 heterocycles. The number of carbonyl (C=O) groups is 1. The number of hydrogen-bond donors (Lipinski definition) is 1. The van der Waals surface area contributed by atoms with Crippen LogP contribution in [0.5, 0.6) is 0 Å². The molecule has 0 aliphatic carbocycles. The minimum Gasteiger partial charge on any atom is -0.326 e. The Morgan fingerprint density at radius 1 is 1.08 bits per heavy atom. The Balaban J connectivity index is 1.52. The van der Waals surface area contributed by atoms with Gasteiger partial charge in [-0.05, 0) is 57.4 Å². The van der Waals surface area contributed by atoms with Crippen LogP contribution in [0.1, 0.15) is 11.1 Å². The molecule has 26 heavy (non-hydrogen) atoms. The average molecular weight is 343 g/mol. The molecule has 0 unspecified atom stereocenters.